The lowest BCUT2D eigenvalue weighted by atomic mass is 10.1. The summed E-state index contributed by atoms with van der Waals surface area (Å²) < 4.78 is 13.3. The normalized spacial score (nSPS) is 10.4. The van der Waals surface area contributed by atoms with Gasteiger partial charge in [-0.2, -0.15) is 5.26 Å². The average Bonchev–Trinajstić information content (AvgIpc) is 2.45. The van der Waals surface area contributed by atoms with E-state index in [-0.39, 0.29) is 11.7 Å². The number of fused-ring (bicyclic) bond motifs is 1. The van der Waals surface area contributed by atoms with Crippen molar-refractivity contribution in [1.29, 1.82) is 5.26 Å². The van der Waals surface area contributed by atoms with Crippen LogP contribution in [0.1, 0.15) is 5.56 Å². The molecule has 1 aromatic carbocycles. The Morgan fingerprint density at radius 2 is 2.36 bits per heavy atom. The fraction of sp³-hybridized carbons (Fsp3) is 0.111. The molecule has 2 rings (SSSR count). The number of hydrogen-bond donors (Lipinski definition) is 1. The topological polar surface area (TPSA) is 52.5 Å². The van der Waals surface area contributed by atoms with Crippen LogP contribution >= 0.6 is 11.6 Å². The Kier molecular flexibility index (Phi) is 2.10. The number of H-pyrrole nitrogens is 1. The zero-order valence-electron chi connectivity index (χ0n) is 7.01. The molecule has 0 aliphatic carbocycles. The van der Waals surface area contributed by atoms with Crippen LogP contribution < -0.4 is 0 Å². The zero-order chi connectivity index (χ0) is 10.1. The summed E-state index contributed by atoms with van der Waals surface area (Å²) in [6.07, 6.45) is 0.0401. The third-order valence-corrected chi connectivity index (χ3v) is 2.07. The monoisotopic (exact) mass is 209 g/mol. The lowest BCUT2D eigenvalue weighted by molar-refractivity contribution is 0.617. The molecule has 1 heterocycles. The molecular weight excluding hydrogens is 205 g/mol. The maximum absolute atomic E-state index is 13.3. The van der Waals surface area contributed by atoms with Crippen LogP contribution in [-0.2, 0) is 6.42 Å². The molecule has 14 heavy (non-hydrogen) atoms. The number of aromatic amines is 1. The molecule has 0 atom stereocenters. The van der Waals surface area contributed by atoms with Gasteiger partial charge in [-0.05, 0) is 17.7 Å². The highest BCUT2D eigenvalue weighted by molar-refractivity contribution is 6.29. The summed E-state index contributed by atoms with van der Waals surface area (Å²) in [6, 6.07) is 4.71. The molecule has 2 aromatic rings. The Morgan fingerprint density at radius 1 is 1.57 bits per heavy atom. The molecule has 0 fully saturated rings. The van der Waals surface area contributed by atoms with E-state index in [1.165, 1.54) is 6.07 Å². The first-order chi connectivity index (χ1) is 6.70. The second-order valence-corrected chi connectivity index (χ2v) is 3.18. The lowest BCUT2D eigenvalue weighted by Gasteiger charge is -1.96. The number of imidazole rings is 1. The summed E-state index contributed by atoms with van der Waals surface area (Å²) in [5.41, 5.74) is 1.45. The van der Waals surface area contributed by atoms with Gasteiger partial charge in [0.25, 0.3) is 0 Å². The Labute approximate surface area is 84.1 Å². The van der Waals surface area contributed by atoms with Gasteiger partial charge in [0.1, 0.15) is 5.82 Å². The van der Waals surface area contributed by atoms with Crippen molar-refractivity contribution in [2.45, 2.75) is 6.42 Å². The van der Waals surface area contributed by atoms with Gasteiger partial charge in [-0.3, -0.25) is 0 Å². The summed E-state index contributed by atoms with van der Waals surface area (Å²) in [4.78, 5) is 6.62. The first-order valence-electron chi connectivity index (χ1n) is 3.91. The summed E-state index contributed by atoms with van der Waals surface area (Å²) in [6.45, 7) is 0. The van der Waals surface area contributed by atoms with Gasteiger partial charge in [0.2, 0.25) is 5.28 Å². The first kappa shape index (κ1) is 8.97. The van der Waals surface area contributed by atoms with Crippen LogP contribution in [0.3, 0.4) is 0 Å². The molecule has 0 spiro atoms. The third-order valence-electron chi connectivity index (χ3n) is 1.89. The zero-order valence-corrected chi connectivity index (χ0v) is 7.77. The van der Waals surface area contributed by atoms with E-state index in [4.69, 9.17) is 16.9 Å². The second kappa shape index (κ2) is 3.28. The molecule has 0 amide bonds. The van der Waals surface area contributed by atoms with Gasteiger partial charge in [0.05, 0.1) is 23.5 Å². The summed E-state index contributed by atoms with van der Waals surface area (Å²) in [5.74, 6) is -0.429. The van der Waals surface area contributed by atoms with Crippen molar-refractivity contribution in [2.24, 2.45) is 0 Å². The SMILES string of the molecule is N#CCc1cc2[nH]c(Cl)nc2cc1F. The van der Waals surface area contributed by atoms with E-state index in [1.54, 1.807) is 6.07 Å². The van der Waals surface area contributed by atoms with Crippen LogP contribution in [-0.4, -0.2) is 9.97 Å². The Morgan fingerprint density at radius 3 is 3.07 bits per heavy atom. The molecule has 0 radical (unpaired) electrons. The van der Waals surface area contributed by atoms with Gasteiger partial charge in [0, 0.05) is 11.6 Å². The molecule has 0 unspecified atom stereocenters. The molecule has 0 aliphatic heterocycles. The molecule has 1 N–H and O–H groups in total. The number of aromatic nitrogens is 2. The number of hydrogen-bond acceptors (Lipinski definition) is 2. The fourth-order valence-corrected chi connectivity index (χ4v) is 1.46. The number of rotatable bonds is 1. The Hall–Kier alpha value is -1.60. The molecule has 5 heteroatoms. The smallest absolute Gasteiger partial charge is 0.201 e. The standard InChI is InChI=1S/C9H5ClFN3/c10-9-13-7-3-5(1-2-12)6(11)4-8(7)14-9/h3-4H,1H2,(H,13,14). The van der Waals surface area contributed by atoms with E-state index in [2.05, 4.69) is 9.97 Å². The molecule has 3 nitrogen and oxygen atoms in total. The predicted molar refractivity (Wildman–Crippen MR) is 50.4 cm³/mol. The van der Waals surface area contributed by atoms with Crippen molar-refractivity contribution in [3.8, 4) is 6.07 Å². The van der Waals surface area contributed by atoms with E-state index < -0.39 is 5.82 Å². The minimum atomic E-state index is -0.429. The second-order valence-electron chi connectivity index (χ2n) is 2.82. The van der Waals surface area contributed by atoms with Gasteiger partial charge in [-0.15, -0.1) is 0 Å². The summed E-state index contributed by atoms with van der Waals surface area (Å²) in [7, 11) is 0. The predicted octanol–water partition coefficient (Wildman–Crippen LogP) is 2.42. The Bertz CT molecular complexity index is 527. The highest BCUT2D eigenvalue weighted by atomic mass is 35.5. The molecule has 70 valence electrons. The van der Waals surface area contributed by atoms with Crippen molar-refractivity contribution in [3.05, 3.63) is 28.8 Å². The van der Waals surface area contributed by atoms with Gasteiger partial charge in [0.15, 0.2) is 0 Å². The van der Waals surface area contributed by atoms with Crippen molar-refractivity contribution >= 4 is 22.6 Å². The highest BCUT2D eigenvalue weighted by Crippen LogP contribution is 2.19. The average molecular weight is 210 g/mol. The van der Waals surface area contributed by atoms with Crippen molar-refractivity contribution < 1.29 is 4.39 Å². The van der Waals surface area contributed by atoms with E-state index in [9.17, 15) is 4.39 Å². The maximum Gasteiger partial charge on any atom is 0.201 e. The Balaban J connectivity index is 2.65. The van der Waals surface area contributed by atoms with Crippen LogP contribution in [0, 0.1) is 17.1 Å². The third kappa shape index (κ3) is 1.42. The van der Waals surface area contributed by atoms with E-state index >= 15 is 0 Å². The number of nitriles is 1. The molecule has 0 bridgehead atoms. The van der Waals surface area contributed by atoms with E-state index in [0.717, 1.165) is 0 Å². The molecule has 1 aromatic heterocycles. The van der Waals surface area contributed by atoms with Crippen LogP contribution in [0.25, 0.3) is 11.0 Å². The number of nitrogens with zero attached hydrogens (tertiary/aromatic N) is 2. The first-order valence-corrected chi connectivity index (χ1v) is 4.29. The molecule has 0 saturated heterocycles. The van der Waals surface area contributed by atoms with Crippen LogP contribution in [0.5, 0.6) is 0 Å². The van der Waals surface area contributed by atoms with E-state index in [0.29, 0.717) is 16.6 Å². The van der Waals surface area contributed by atoms with Crippen molar-refractivity contribution in [2.75, 3.05) is 0 Å². The maximum atomic E-state index is 13.3. The lowest BCUT2D eigenvalue weighted by Crippen LogP contribution is -1.88. The minimum Gasteiger partial charge on any atom is -0.329 e. The highest BCUT2D eigenvalue weighted by Gasteiger charge is 2.07. The van der Waals surface area contributed by atoms with E-state index in [1.807, 2.05) is 6.07 Å². The number of halogens is 2. The minimum absolute atomic E-state index is 0.0401. The van der Waals surface area contributed by atoms with Gasteiger partial charge < -0.3 is 4.98 Å². The van der Waals surface area contributed by atoms with Crippen molar-refractivity contribution in [1.82, 2.24) is 9.97 Å². The summed E-state index contributed by atoms with van der Waals surface area (Å²) >= 11 is 5.61. The molecule has 0 saturated carbocycles. The number of benzene rings is 1. The van der Waals surface area contributed by atoms with Crippen molar-refractivity contribution in [3.63, 3.8) is 0 Å². The molecular formula is C9H5ClFN3. The molecule has 0 aliphatic rings. The van der Waals surface area contributed by atoms with Gasteiger partial charge in [-0.1, -0.05) is 0 Å². The van der Waals surface area contributed by atoms with Crippen LogP contribution in [0.2, 0.25) is 5.28 Å². The van der Waals surface area contributed by atoms with Crippen LogP contribution in [0.15, 0.2) is 12.1 Å². The largest absolute Gasteiger partial charge is 0.329 e. The van der Waals surface area contributed by atoms with Gasteiger partial charge in [-0.25, -0.2) is 9.37 Å². The number of nitrogens with one attached hydrogen (secondary N) is 1. The quantitative estimate of drug-likeness (QED) is 0.784. The summed E-state index contributed by atoms with van der Waals surface area (Å²) in [5, 5.41) is 8.67. The van der Waals surface area contributed by atoms with Gasteiger partial charge >= 0.3 is 0 Å². The van der Waals surface area contributed by atoms with Crippen LogP contribution in [0.4, 0.5) is 4.39 Å². The fourth-order valence-electron chi connectivity index (χ4n) is 1.27.